The molecule has 0 aliphatic rings. The third-order valence-electron chi connectivity index (χ3n) is 2.09. The Morgan fingerprint density at radius 1 is 1.13 bits per heavy atom. The highest BCUT2D eigenvalue weighted by Crippen LogP contribution is 2.16. The van der Waals surface area contributed by atoms with Crippen molar-refractivity contribution in [1.29, 1.82) is 0 Å². The zero-order valence-corrected chi connectivity index (χ0v) is 8.45. The molecule has 0 heterocycles. The van der Waals surface area contributed by atoms with E-state index >= 15 is 0 Å². The summed E-state index contributed by atoms with van der Waals surface area (Å²) in [5.41, 5.74) is 0.848. The van der Waals surface area contributed by atoms with Crippen LogP contribution in [0.2, 0.25) is 0 Å². The van der Waals surface area contributed by atoms with E-state index in [-0.39, 0.29) is 6.61 Å². The van der Waals surface area contributed by atoms with Crippen LogP contribution in [0.3, 0.4) is 0 Å². The highest BCUT2D eigenvalue weighted by atomic mass is 16.3. The monoisotopic (exact) mass is 208 g/mol. The van der Waals surface area contributed by atoms with Crippen molar-refractivity contribution in [1.82, 2.24) is 0 Å². The zero-order valence-electron chi connectivity index (χ0n) is 8.45. The molecule has 0 saturated heterocycles. The second-order valence-electron chi connectivity index (χ2n) is 3.34. The molecule has 1 aromatic carbocycles. The number of rotatable bonds is 5. The Morgan fingerprint density at radius 3 is 2.40 bits per heavy atom. The van der Waals surface area contributed by atoms with E-state index in [0.29, 0.717) is 6.42 Å². The minimum Gasteiger partial charge on any atom is -0.393 e. The van der Waals surface area contributed by atoms with Gasteiger partial charge in [0.2, 0.25) is 0 Å². The minimum atomic E-state index is -0.840. The quantitative estimate of drug-likeness (QED) is 0.633. The summed E-state index contributed by atoms with van der Waals surface area (Å²) in [6, 6.07) is 9.32. The van der Waals surface area contributed by atoms with Gasteiger partial charge >= 0.3 is 0 Å². The molecule has 0 unspecified atom stereocenters. The van der Waals surface area contributed by atoms with E-state index in [1.807, 2.05) is 30.3 Å². The molecule has 2 atom stereocenters. The molecule has 0 spiro atoms. The fraction of sp³-hybridized carbons (Fsp3) is 0.333. The van der Waals surface area contributed by atoms with Crippen LogP contribution in [0.4, 0.5) is 0 Å². The molecule has 0 bridgehead atoms. The second kappa shape index (κ2) is 6.35. The van der Waals surface area contributed by atoms with E-state index in [0.717, 1.165) is 5.56 Å². The lowest BCUT2D eigenvalue weighted by atomic mass is 10.1. The molecule has 3 nitrogen and oxygen atoms in total. The largest absolute Gasteiger partial charge is 0.393 e. The van der Waals surface area contributed by atoms with E-state index in [9.17, 15) is 5.11 Å². The van der Waals surface area contributed by atoms with Gasteiger partial charge in [-0.3, -0.25) is 0 Å². The summed E-state index contributed by atoms with van der Waals surface area (Å²) in [4.78, 5) is 0. The molecule has 0 fully saturated rings. The van der Waals surface area contributed by atoms with Gasteiger partial charge in [0.1, 0.15) is 0 Å². The van der Waals surface area contributed by atoms with Gasteiger partial charge in [-0.05, 0) is 12.0 Å². The fourth-order valence-corrected chi connectivity index (χ4v) is 1.24. The van der Waals surface area contributed by atoms with Crippen molar-refractivity contribution in [3.05, 3.63) is 48.0 Å². The van der Waals surface area contributed by atoms with Crippen LogP contribution in [-0.2, 0) is 0 Å². The van der Waals surface area contributed by atoms with Crippen molar-refractivity contribution in [2.45, 2.75) is 18.6 Å². The molecule has 0 amide bonds. The van der Waals surface area contributed by atoms with Gasteiger partial charge in [0.25, 0.3) is 0 Å². The molecular weight excluding hydrogens is 192 g/mol. The van der Waals surface area contributed by atoms with Crippen LogP contribution in [0.5, 0.6) is 0 Å². The van der Waals surface area contributed by atoms with E-state index in [2.05, 4.69) is 0 Å². The van der Waals surface area contributed by atoms with Crippen LogP contribution < -0.4 is 0 Å². The Morgan fingerprint density at radius 2 is 1.80 bits per heavy atom. The SMILES string of the molecule is OC[C@@H](O)/C=C\C[C@@H](O)c1ccccc1. The lowest BCUT2D eigenvalue weighted by molar-refractivity contribution is 0.130. The minimum absolute atomic E-state index is 0.294. The smallest absolute Gasteiger partial charge is 0.0951 e. The topological polar surface area (TPSA) is 60.7 Å². The molecule has 0 aliphatic carbocycles. The van der Waals surface area contributed by atoms with Gasteiger partial charge < -0.3 is 15.3 Å². The van der Waals surface area contributed by atoms with E-state index < -0.39 is 12.2 Å². The predicted molar refractivity (Wildman–Crippen MR) is 58.3 cm³/mol. The van der Waals surface area contributed by atoms with Gasteiger partial charge in [0.15, 0.2) is 0 Å². The Hall–Kier alpha value is -1.16. The van der Waals surface area contributed by atoms with Crippen molar-refractivity contribution in [2.24, 2.45) is 0 Å². The van der Waals surface area contributed by atoms with Gasteiger partial charge in [0.05, 0.1) is 18.8 Å². The molecular formula is C12H16O3. The number of hydrogen-bond acceptors (Lipinski definition) is 3. The maximum atomic E-state index is 9.71. The Balaban J connectivity index is 2.43. The average Bonchev–Trinajstić information content (AvgIpc) is 2.29. The molecule has 3 heteroatoms. The summed E-state index contributed by atoms with van der Waals surface area (Å²) in [6.45, 7) is -0.294. The van der Waals surface area contributed by atoms with Crippen LogP contribution in [-0.4, -0.2) is 28.0 Å². The molecule has 3 N–H and O–H groups in total. The Bertz CT molecular complexity index is 295. The maximum absolute atomic E-state index is 9.71. The molecule has 1 rings (SSSR count). The van der Waals surface area contributed by atoms with Crippen LogP contribution in [0.1, 0.15) is 18.1 Å². The van der Waals surface area contributed by atoms with E-state index in [1.54, 1.807) is 6.08 Å². The van der Waals surface area contributed by atoms with Crippen molar-refractivity contribution >= 4 is 0 Å². The summed E-state index contributed by atoms with van der Waals surface area (Å²) < 4.78 is 0. The molecule has 1 aromatic rings. The normalized spacial score (nSPS) is 15.4. The number of aliphatic hydroxyl groups is 3. The van der Waals surface area contributed by atoms with Crippen molar-refractivity contribution in [3.63, 3.8) is 0 Å². The van der Waals surface area contributed by atoms with Gasteiger partial charge in [0, 0.05) is 0 Å². The third-order valence-corrected chi connectivity index (χ3v) is 2.09. The molecule has 0 aliphatic heterocycles. The van der Waals surface area contributed by atoms with Crippen LogP contribution in [0, 0.1) is 0 Å². The summed E-state index contributed by atoms with van der Waals surface area (Å²) in [6.07, 6.45) is 2.17. The van der Waals surface area contributed by atoms with Gasteiger partial charge in [-0.15, -0.1) is 0 Å². The standard InChI is InChI=1S/C12H16O3/c13-9-11(14)7-4-8-12(15)10-5-2-1-3-6-10/h1-7,11-15H,8-9H2/b7-4-/t11-,12+/m0/s1. The lowest BCUT2D eigenvalue weighted by Crippen LogP contribution is -2.07. The molecule has 0 radical (unpaired) electrons. The predicted octanol–water partition coefficient (Wildman–Crippen LogP) is 1.02. The molecule has 15 heavy (non-hydrogen) atoms. The van der Waals surface area contributed by atoms with Crippen molar-refractivity contribution in [3.8, 4) is 0 Å². The second-order valence-corrected chi connectivity index (χ2v) is 3.34. The Kier molecular flexibility index (Phi) is 5.04. The van der Waals surface area contributed by atoms with Crippen LogP contribution >= 0.6 is 0 Å². The van der Waals surface area contributed by atoms with Gasteiger partial charge in [-0.2, -0.15) is 0 Å². The molecule has 0 saturated carbocycles. The van der Waals surface area contributed by atoms with Gasteiger partial charge in [-0.25, -0.2) is 0 Å². The molecule has 0 aromatic heterocycles. The first kappa shape index (κ1) is 11.9. The number of aliphatic hydroxyl groups excluding tert-OH is 3. The first-order valence-electron chi connectivity index (χ1n) is 4.92. The van der Waals surface area contributed by atoms with Crippen LogP contribution in [0.25, 0.3) is 0 Å². The number of benzene rings is 1. The maximum Gasteiger partial charge on any atom is 0.0951 e. The number of hydrogen-bond donors (Lipinski definition) is 3. The highest BCUT2D eigenvalue weighted by Gasteiger charge is 2.04. The summed E-state index contributed by atoms with van der Waals surface area (Å²) >= 11 is 0. The first-order chi connectivity index (χ1) is 7.24. The van der Waals surface area contributed by atoms with E-state index in [4.69, 9.17) is 10.2 Å². The molecule has 82 valence electrons. The van der Waals surface area contributed by atoms with E-state index in [1.165, 1.54) is 6.08 Å². The summed E-state index contributed by atoms with van der Waals surface area (Å²) in [5.74, 6) is 0. The first-order valence-corrected chi connectivity index (χ1v) is 4.92. The highest BCUT2D eigenvalue weighted by molar-refractivity contribution is 5.17. The summed E-state index contributed by atoms with van der Waals surface area (Å²) in [5, 5.41) is 27.3. The average molecular weight is 208 g/mol. The zero-order chi connectivity index (χ0) is 11.1. The van der Waals surface area contributed by atoms with Crippen molar-refractivity contribution < 1.29 is 15.3 Å². The van der Waals surface area contributed by atoms with Crippen molar-refractivity contribution in [2.75, 3.05) is 6.61 Å². The Labute approximate surface area is 89.3 Å². The third kappa shape index (κ3) is 4.25. The lowest BCUT2D eigenvalue weighted by Gasteiger charge is -2.07. The van der Waals surface area contributed by atoms with Crippen LogP contribution in [0.15, 0.2) is 42.5 Å². The fourth-order valence-electron chi connectivity index (χ4n) is 1.24. The van der Waals surface area contributed by atoms with Gasteiger partial charge in [-0.1, -0.05) is 42.5 Å². The summed E-state index contributed by atoms with van der Waals surface area (Å²) in [7, 11) is 0.